The van der Waals surface area contributed by atoms with Gasteiger partial charge in [0.05, 0.1) is 12.7 Å². The maximum atomic E-state index is 13.3. The van der Waals surface area contributed by atoms with Gasteiger partial charge in [-0.2, -0.15) is 0 Å². The summed E-state index contributed by atoms with van der Waals surface area (Å²) >= 11 is 0. The van der Waals surface area contributed by atoms with Gasteiger partial charge >= 0.3 is 5.97 Å². The molecule has 0 radical (unpaired) electrons. The molecule has 0 amide bonds. The van der Waals surface area contributed by atoms with Crippen molar-refractivity contribution in [1.82, 2.24) is 0 Å². The van der Waals surface area contributed by atoms with Crippen LogP contribution in [0.2, 0.25) is 0 Å². The Bertz CT molecular complexity index is 378. The van der Waals surface area contributed by atoms with Crippen molar-refractivity contribution < 1.29 is 13.9 Å². The van der Waals surface area contributed by atoms with Crippen molar-refractivity contribution in [3.8, 4) is 0 Å². The van der Waals surface area contributed by atoms with E-state index >= 15 is 0 Å². The van der Waals surface area contributed by atoms with Crippen LogP contribution in [-0.4, -0.2) is 13.1 Å². The van der Waals surface area contributed by atoms with E-state index in [4.69, 9.17) is 0 Å². The molecule has 0 aromatic heterocycles. The summed E-state index contributed by atoms with van der Waals surface area (Å²) in [5, 5.41) is 0. The number of halogens is 1. The van der Waals surface area contributed by atoms with E-state index in [1.54, 1.807) is 12.1 Å². The molecule has 0 saturated heterocycles. The van der Waals surface area contributed by atoms with Crippen molar-refractivity contribution >= 4 is 5.97 Å². The summed E-state index contributed by atoms with van der Waals surface area (Å²) in [5.41, 5.74) is 0.783. The van der Waals surface area contributed by atoms with Gasteiger partial charge in [0.1, 0.15) is 5.82 Å². The quantitative estimate of drug-likeness (QED) is 0.666. The van der Waals surface area contributed by atoms with Gasteiger partial charge in [-0.15, -0.1) is 0 Å². The lowest BCUT2D eigenvalue weighted by atomic mass is 9.86. The maximum absolute atomic E-state index is 13.3. The number of methoxy groups -OCH3 is 1. The fourth-order valence-electron chi connectivity index (χ4n) is 1.26. The molecule has 82 valence electrons. The van der Waals surface area contributed by atoms with Gasteiger partial charge in [-0.05, 0) is 23.1 Å². The summed E-state index contributed by atoms with van der Waals surface area (Å²) in [4.78, 5) is 11.3. The van der Waals surface area contributed by atoms with Gasteiger partial charge in [-0.1, -0.05) is 26.8 Å². The average Bonchev–Trinajstić information content (AvgIpc) is 2.15. The van der Waals surface area contributed by atoms with E-state index in [1.807, 2.05) is 20.8 Å². The van der Waals surface area contributed by atoms with Crippen LogP contribution in [0.25, 0.3) is 0 Å². The predicted octanol–water partition coefficient (Wildman–Crippen LogP) is 2.91. The number of esters is 1. The molecule has 3 heteroatoms. The van der Waals surface area contributed by atoms with E-state index in [2.05, 4.69) is 4.74 Å². The van der Waals surface area contributed by atoms with E-state index < -0.39 is 11.8 Å². The van der Waals surface area contributed by atoms with Gasteiger partial charge in [-0.25, -0.2) is 9.18 Å². The van der Waals surface area contributed by atoms with Gasteiger partial charge in [-0.3, -0.25) is 0 Å². The van der Waals surface area contributed by atoms with Crippen molar-refractivity contribution in [1.29, 1.82) is 0 Å². The summed E-state index contributed by atoms with van der Waals surface area (Å²) in [6.07, 6.45) is 0. The summed E-state index contributed by atoms with van der Waals surface area (Å²) < 4.78 is 17.8. The van der Waals surface area contributed by atoms with Crippen LogP contribution in [0.3, 0.4) is 0 Å². The lowest BCUT2D eigenvalue weighted by Gasteiger charge is -2.19. The molecule has 0 spiro atoms. The number of carbonyl (C=O) groups is 1. The molecule has 0 aliphatic carbocycles. The van der Waals surface area contributed by atoms with Crippen LogP contribution in [0.4, 0.5) is 4.39 Å². The summed E-state index contributed by atoms with van der Waals surface area (Å²) in [6.45, 7) is 6.00. The van der Waals surface area contributed by atoms with Crippen LogP contribution in [0.1, 0.15) is 36.7 Å². The molecular weight excluding hydrogens is 195 g/mol. The lowest BCUT2D eigenvalue weighted by Crippen LogP contribution is -2.13. The summed E-state index contributed by atoms with van der Waals surface area (Å²) in [7, 11) is 1.24. The summed E-state index contributed by atoms with van der Waals surface area (Å²) in [6, 6.07) is 4.52. The molecule has 0 atom stereocenters. The van der Waals surface area contributed by atoms with Gasteiger partial charge in [0.2, 0.25) is 0 Å². The first kappa shape index (κ1) is 11.7. The molecule has 0 heterocycles. The van der Waals surface area contributed by atoms with E-state index in [0.717, 1.165) is 5.56 Å². The second-order valence-electron chi connectivity index (χ2n) is 4.44. The number of benzene rings is 1. The van der Waals surface area contributed by atoms with Crippen LogP contribution in [-0.2, 0) is 10.2 Å². The second-order valence-corrected chi connectivity index (χ2v) is 4.44. The molecule has 0 aliphatic rings. The van der Waals surface area contributed by atoms with Crippen LogP contribution < -0.4 is 0 Å². The normalized spacial score (nSPS) is 11.3. The first-order chi connectivity index (χ1) is 6.86. The zero-order valence-corrected chi connectivity index (χ0v) is 9.43. The van der Waals surface area contributed by atoms with Crippen LogP contribution in [0.15, 0.2) is 18.2 Å². The molecule has 0 saturated carbocycles. The lowest BCUT2D eigenvalue weighted by molar-refractivity contribution is 0.0595. The molecule has 0 bridgehead atoms. The highest BCUT2D eigenvalue weighted by atomic mass is 19.1. The fourth-order valence-corrected chi connectivity index (χ4v) is 1.26. The minimum Gasteiger partial charge on any atom is -0.465 e. The van der Waals surface area contributed by atoms with Crippen LogP contribution in [0, 0.1) is 5.82 Å². The van der Waals surface area contributed by atoms with Gasteiger partial charge in [0.15, 0.2) is 0 Å². The Balaban J connectivity index is 3.23. The Labute approximate surface area is 89.1 Å². The molecule has 0 N–H and O–H groups in total. The third-order valence-corrected chi connectivity index (χ3v) is 2.24. The Morgan fingerprint density at radius 3 is 2.40 bits per heavy atom. The fraction of sp³-hybridized carbons (Fsp3) is 0.417. The average molecular weight is 210 g/mol. The Morgan fingerprint density at radius 2 is 1.93 bits per heavy atom. The number of ether oxygens (including phenoxy) is 1. The van der Waals surface area contributed by atoms with E-state index in [-0.39, 0.29) is 11.0 Å². The smallest absolute Gasteiger partial charge is 0.340 e. The van der Waals surface area contributed by atoms with Crippen molar-refractivity contribution in [3.63, 3.8) is 0 Å². The van der Waals surface area contributed by atoms with Crippen molar-refractivity contribution in [2.45, 2.75) is 26.2 Å². The SMILES string of the molecule is COC(=O)c1cc(C(C)(C)C)ccc1F. The van der Waals surface area contributed by atoms with Crippen molar-refractivity contribution in [2.24, 2.45) is 0 Å². The molecule has 0 fully saturated rings. The van der Waals surface area contributed by atoms with Gasteiger partial charge < -0.3 is 4.74 Å². The second kappa shape index (κ2) is 4.01. The zero-order valence-electron chi connectivity index (χ0n) is 9.43. The number of hydrogen-bond acceptors (Lipinski definition) is 2. The first-order valence-corrected chi connectivity index (χ1v) is 4.74. The third kappa shape index (κ3) is 2.55. The Kier molecular flexibility index (Phi) is 3.12. The molecular formula is C12H15FO2. The predicted molar refractivity (Wildman–Crippen MR) is 56.4 cm³/mol. The Morgan fingerprint density at radius 1 is 1.33 bits per heavy atom. The highest BCUT2D eigenvalue weighted by Crippen LogP contribution is 2.24. The van der Waals surface area contributed by atoms with E-state index in [0.29, 0.717) is 0 Å². The monoisotopic (exact) mass is 210 g/mol. The van der Waals surface area contributed by atoms with E-state index in [1.165, 1.54) is 13.2 Å². The molecule has 15 heavy (non-hydrogen) atoms. The molecule has 2 nitrogen and oxygen atoms in total. The zero-order chi connectivity index (χ0) is 11.6. The minimum atomic E-state index is -0.640. The topological polar surface area (TPSA) is 26.3 Å². The number of carbonyl (C=O) groups excluding carboxylic acids is 1. The highest BCUT2D eigenvalue weighted by Gasteiger charge is 2.18. The molecule has 0 unspecified atom stereocenters. The van der Waals surface area contributed by atoms with Crippen molar-refractivity contribution in [2.75, 3.05) is 7.11 Å². The van der Waals surface area contributed by atoms with Gasteiger partial charge in [0.25, 0.3) is 0 Å². The maximum Gasteiger partial charge on any atom is 0.340 e. The molecule has 1 rings (SSSR count). The largest absolute Gasteiger partial charge is 0.465 e. The van der Waals surface area contributed by atoms with Crippen LogP contribution in [0.5, 0.6) is 0 Å². The molecule has 1 aromatic rings. The first-order valence-electron chi connectivity index (χ1n) is 4.74. The van der Waals surface area contributed by atoms with Gasteiger partial charge in [0, 0.05) is 0 Å². The molecule has 0 aliphatic heterocycles. The molecule has 1 aromatic carbocycles. The van der Waals surface area contributed by atoms with E-state index in [9.17, 15) is 9.18 Å². The number of rotatable bonds is 1. The van der Waals surface area contributed by atoms with Crippen molar-refractivity contribution in [3.05, 3.63) is 35.1 Å². The van der Waals surface area contributed by atoms with Crippen LogP contribution >= 0.6 is 0 Å². The third-order valence-electron chi connectivity index (χ3n) is 2.24. The summed E-state index contributed by atoms with van der Waals surface area (Å²) in [5.74, 6) is -1.19. The minimum absolute atomic E-state index is 0.00933. The number of hydrogen-bond donors (Lipinski definition) is 0. The standard InChI is InChI=1S/C12H15FO2/c1-12(2,3)8-5-6-10(13)9(7-8)11(14)15-4/h5-7H,1-4H3. The highest BCUT2D eigenvalue weighted by molar-refractivity contribution is 5.89. The Hall–Kier alpha value is -1.38.